The molecule has 2 nitrogen and oxygen atoms in total. The van der Waals surface area contributed by atoms with Gasteiger partial charge in [0.25, 0.3) is 0 Å². The summed E-state index contributed by atoms with van der Waals surface area (Å²) in [6.45, 7) is 0. The summed E-state index contributed by atoms with van der Waals surface area (Å²) in [6, 6.07) is 17.3. The van der Waals surface area contributed by atoms with E-state index in [1.807, 2.05) is 6.07 Å². The predicted octanol–water partition coefficient (Wildman–Crippen LogP) is 5.42. The maximum Gasteiger partial charge on any atom is 0.0666 e. The molecule has 1 aliphatic carbocycles. The molecule has 1 atom stereocenters. The Labute approximate surface area is 132 Å². The molecule has 1 aliphatic rings. The van der Waals surface area contributed by atoms with E-state index in [0.29, 0.717) is 6.04 Å². The van der Waals surface area contributed by atoms with Crippen LogP contribution in [0.25, 0.3) is 10.9 Å². The van der Waals surface area contributed by atoms with Gasteiger partial charge in [-0.15, -0.1) is 0 Å². The van der Waals surface area contributed by atoms with Crippen molar-refractivity contribution in [3.05, 3.63) is 64.3 Å². The molecule has 0 spiro atoms. The van der Waals surface area contributed by atoms with E-state index in [9.17, 15) is 0 Å². The lowest BCUT2D eigenvalue weighted by atomic mass is 9.91. The number of aromatic amines is 1. The second-order valence-corrected chi connectivity index (χ2v) is 6.49. The Morgan fingerprint density at radius 1 is 1.05 bits per heavy atom. The summed E-state index contributed by atoms with van der Waals surface area (Å²) in [5.74, 6) is 0. The molecule has 21 heavy (non-hydrogen) atoms. The Hall–Kier alpha value is -1.74. The average molecular weight is 341 g/mol. The van der Waals surface area contributed by atoms with Crippen LogP contribution in [0.3, 0.4) is 0 Å². The molecule has 1 aromatic heterocycles. The zero-order valence-electron chi connectivity index (χ0n) is 11.7. The van der Waals surface area contributed by atoms with Gasteiger partial charge in [-0.05, 0) is 59.0 Å². The zero-order valence-corrected chi connectivity index (χ0v) is 13.3. The third-order valence-electron chi connectivity index (χ3n) is 4.32. The van der Waals surface area contributed by atoms with E-state index in [-0.39, 0.29) is 0 Å². The summed E-state index contributed by atoms with van der Waals surface area (Å²) in [4.78, 5) is 3.63. The third kappa shape index (κ3) is 2.26. The van der Waals surface area contributed by atoms with E-state index in [2.05, 4.69) is 68.7 Å². The first kappa shape index (κ1) is 13.0. The fourth-order valence-corrected chi connectivity index (χ4v) is 3.72. The molecular formula is C18H17BrN2. The first-order chi connectivity index (χ1) is 10.3. The molecule has 3 aromatic rings. The van der Waals surface area contributed by atoms with Gasteiger partial charge in [0, 0.05) is 26.8 Å². The van der Waals surface area contributed by atoms with Gasteiger partial charge >= 0.3 is 0 Å². The summed E-state index contributed by atoms with van der Waals surface area (Å²) < 4.78 is 1.12. The van der Waals surface area contributed by atoms with Gasteiger partial charge in [0.2, 0.25) is 0 Å². The lowest BCUT2D eigenvalue weighted by molar-refractivity contribution is 0.592. The van der Waals surface area contributed by atoms with Crippen LogP contribution in [0.15, 0.2) is 53.0 Å². The van der Waals surface area contributed by atoms with Gasteiger partial charge in [-0.2, -0.15) is 0 Å². The van der Waals surface area contributed by atoms with Gasteiger partial charge in [0.1, 0.15) is 0 Å². The van der Waals surface area contributed by atoms with Crippen molar-refractivity contribution in [2.24, 2.45) is 0 Å². The van der Waals surface area contributed by atoms with Crippen LogP contribution >= 0.6 is 15.9 Å². The Morgan fingerprint density at radius 3 is 2.76 bits per heavy atom. The first-order valence-electron chi connectivity index (χ1n) is 7.43. The number of para-hydroxylation sites is 2. The van der Waals surface area contributed by atoms with Gasteiger partial charge in [-0.3, -0.25) is 0 Å². The maximum atomic E-state index is 3.69. The monoisotopic (exact) mass is 340 g/mol. The van der Waals surface area contributed by atoms with Crippen LogP contribution in [0.1, 0.15) is 30.1 Å². The molecule has 1 unspecified atom stereocenters. The predicted molar refractivity (Wildman–Crippen MR) is 91.7 cm³/mol. The lowest BCUT2D eigenvalue weighted by Gasteiger charge is -2.25. The number of aromatic nitrogens is 1. The number of anilines is 1. The SMILES string of the molecule is Brc1ccccc1NC1CCCc2c1[nH]c1ccccc21. The number of fused-ring (bicyclic) bond motifs is 3. The Bertz CT molecular complexity index is 791. The summed E-state index contributed by atoms with van der Waals surface area (Å²) in [5, 5.41) is 5.07. The van der Waals surface area contributed by atoms with Gasteiger partial charge in [0.05, 0.1) is 6.04 Å². The lowest BCUT2D eigenvalue weighted by Crippen LogP contribution is -2.17. The van der Waals surface area contributed by atoms with Crippen LogP contribution in [0, 0.1) is 0 Å². The molecule has 0 saturated carbocycles. The van der Waals surface area contributed by atoms with Crippen molar-refractivity contribution in [1.29, 1.82) is 0 Å². The van der Waals surface area contributed by atoms with Crippen molar-refractivity contribution in [1.82, 2.24) is 4.98 Å². The van der Waals surface area contributed by atoms with E-state index in [1.54, 1.807) is 0 Å². The van der Waals surface area contributed by atoms with Crippen LogP contribution in [0.5, 0.6) is 0 Å². The second-order valence-electron chi connectivity index (χ2n) is 5.63. The summed E-state index contributed by atoms with van der Waals surface area (Å²) in [5.41, 5.74) is 5.26. The van der Waals surface area contributed by atoms with Crippen molar-refractivity contribution in [2.45, 2.75) is 25.3 Å². The zero-order chi connectivity index (χ0) is 14.2. The van der Waals surface area contributed by atoms with Crippen LogP contribution < -0.4 is 5.32 Å². The highest BCUT2D eigenvalue weighted by molar-refractivity contribution is 9.10. The highest BCUT2D eigenvalue weighted by atomic mass is 79.9. The number of hydrogen-bond acceptors (Lipinski definition) is 1. The summed E-state index contributed by atoms with van der Waals surface area (Å²) in [6.07, 6.45) is 3.58. The van der Waals surface area contributed by atoms with Crippen LogP contribution in [0.4, 0.5) is 5.69 Å². The fraction of sp³-hybridized carbons (Fsp3) is 0.222. The molecular weight excluding hydrogens is 324 g/mol. The van der Waals surface area contributed by atoms with Gasteiger partial charge in [-0.1, -0.05) is 30.3 Å². The molecule has 2 N–H and O–H groups in total. The number of halogens is 1. The molecule has 0 aliphatic heterocycles. The highest BCUT2D eigenvalue weighted by Gasteiger charge is 2.24. The standard InChI is InChI=1S/C18H17BrN2/c19-14-8-2-4-10-16(14)20-17-11-5-7-13-12-6-1-3-9-15(12)21-18(13)17/h1-4,6,8-10,17,20-21H,5,7,11H2. The van der Waals surface area contributed by atoms with Crippen LogP contribution in [-0.4, -0.2) is 4.98 Å². The van der Waals surface area contributed by atoms with E-state index < -0.39 is 0 Å². The van der Waals surface area contributed by atoms with Crippen molar-refractivity contribution in [3.63, 3.8) is 0 Å². The molecule has 0 bridgehead atoms. The number of nitrogens with one attached hydrogen (secondary N) is 2. The van der Waals surface area contributed by atoms with Crippen molar-refractivity contribution in [2.75, 3.05) is 5.32 Å². The minimum atomic E-state index is 0.361. The molecule has 0 radical (unpaired) electrons. The Kier molecular flexibility index (Phi) is 3.23. The number of H-pyrrole nitrogens is 1. The summed E-state index contributed by atoms with van der Waals surface area (Å²) >= 11 is 3.63. The number of aryl methyl sites for hydroxylation is 1. The molecule has 0 saturated heterocycles. The normalized spacial score (nSPS) is 17.7. The van der Waals surface area contributed by atoms with Crippen molar-refractivity contribution in [3.8, 4) is 0 Å². The maximum absolute atomic E-state index is 3.69. The molecule has 2 aromatic carbocycles. The largest absolute Gasteiger partial charge is 0.376 e. The van der Waals surface area contributed by atoms with Crippen LogP contribution in [0.2, 0.25) is 0 Å². The first-order valence-corrected chi connectivity index (χ1v) is 8.23. The van der Waals surface area contributed by atoms with E-state index >= 15 is 0 Å². The molecule has 106 valence electrons. The molecule has 4 rings (SSSR count). The topological polar surface area (TPSA) is 27.8 Å². The number of hydrogen-bond donors (Lipinski definition) is 2. The molecule has 1 heterocycles. The van der Waals surface area contributed by atoms with E-state index in [0.717, 1.165) is 10.2 Å². The molecule has 0 fully saturated rings. The molecule has 0 amide bonds. The van der Waals surface area contributed by atoms with Gasteiger partial charge < -0.3 is 10.3 Å². The average Bonchev–Trinajstić information content (AvgIpc) is 2.89. The highest BCUT2D eigenvalue weighted by Crippen LogP contribution is 2.37. The second kappa shape index (κ2) is 5.23. The summed E-state index contributed by atoms with van der Waals surface area (Å²) in [7, 11) is 0. The Morgan fingerprint density at radius 2 is 1.86 bits per heavy atom. The smallest absolute Gasteiger partial charge is 0.0666 e. The fourth-order valence-electron chi connectivity index (χ4n) is 3.33. The Balaban J connectivity index is 1.75. The van der Waals surface area contributed by atoms with E-state index in [1.165, 1.54) is 41.4 Å². The number of rotatable bonds is 2. The van der Waals surface area contributed by atoms with Crippen molar-refractivity contribution < 1.29 is 0 Å². The quantitative estimate of drug-likeness (QED) is 0.640. The van der Waals surface area contributed by atoms with Gasteiger partial charge in [0.15, 0.2) is 0 Å². The van der Waals surface area contributed by atoms with Gasteiger partial charge in [-0.25, -0.2) is 0 Å². The molecule has 3 heteroatoms. The third-order valence-corrected chi connectivity index (χ3v) is 5.01. The number of benzene rings is 2. The minimum absolute atomic E-state index is 0.361. The minimum Gasteiger partial charge on any atom is -0.376 e. The van der Waals surface area contributed by atoms with Crippen molar-refractivity contribution >= 4 is 32.5 Å². The van der Waals surface area contributed by atoms with Crippen LogP contribution in [-0.2, 0) is 6.42 Å². The van der Waals surface area contributed by atoms with E-state index in [4.69, 9.17) is 0 Å².